The molecule has 4 rings (SSSR count). The Morgan fingerprint density at radius 1 is 1.07 bits per heavy atom. The minimum atomic E-state index is -1.17. The first-order valence-corrected chi connectivity index (χ1v) is 8.92. The second-order valence-electron chi connectivity index (χ2n) is 6.51. The lowest BCUT2D eigenvalue weighted by Crippen LogP contribution is -2.36. The van der Waals surface area contributed by atoms with E-state index in [2.05, 4.69) is 4.98 Å². The Balaban J connectivity index is 1.39. The Morgan fingerprint density at radius 3 is 2.69 bits per heavy atom. The van der Waals surface area contributed by atoms with E-state index in [1.807, 2.05) is 42.5 Å². The van der Waals surface area contributed by atoms with E-state index in [1.165, 1.54) is 11.2 Å². The molecule has 1 aliphatic heterocycles. The van der Waals surface area contributed by atoms with Crippen LogP contribution in [0, 0.1) is 0 Å². The summed E-state index contributed by atoms with van der Waals surface area (Å²) in [6.07, 6.45) is 0.519. The Kier molecular flexibility index (Phi) is 4.86. The zero-order valence-corrected chi connectivity index (χ0v) is 15.3. The van der Waals surface area contributed by atoms with E-state index in [0.717, 1.165) is 21.1 Å². The fourth-order valence-electron chi connectivity index (χ4n) is 3.27. The van der Waals surface area contributed by atoms with Gasteiger partial charge in [0.1, 0.15) is 12.9 Å². The van der Waals surface area contributed by atoms with Crippen molar-refractivity contribution in [2.75, 3.05) is 6.54 Å². The lowest BCUT2D eigenvalue weighted by atomic mass is 10.1. The summed E-state index contributed by atoms with van der Waals surface area (Å²) in [5.74, 6) is -2.30. The van der Waals surface area contributed by atoms with Gasteiger partial charge in [-0.05, 0) is 16.3 Å². The van der Waals surface area contributed by atoms with Crippen LogP contribution >= 0.6 is 0 Å². The third-order valence-electron chi connectivity index (χ3n) is 4.73. The number of hydrogen-bond acceptors (Lipinski definition) is 6. The van der Waals surface area contributed by atoms with E-state index in [4.69, 9.17) is 14.7 Å². The molecule has 0 saturated carbocycles. The van der Waals surface area contributed by atoms with Gasteiger partial charge in [-0.25, -0.2) is 19.4 Å². The fraction of sp³-hybridized carbons (Fsp3) is 0.200. The molecule has 148 valence electrons. The number of hydrogen-bond donors (Lipinski definition) is 1. The van der Waals surface area contributed by atoms with Gasteiger partial charge in [0.25, 0.3) is 0 Å². The van der Waals surface area contributed by atoms with E-state index in [9.17, 15) is 14.4 Å². The number of imidazole rings is 1. The summed E-state index contributed by atoms with van der Waals surface area (Å²) in [5, 5.41) is 11.0. The summed E-state index contributed by atoms with van der Waals surface area (Å²) in [6, 6.07) is 13.3. The number of benzene rings is 2. The number of ether oxygens (including phenoxy) is 1. The molecule has 9 heteroatoms. The van der Waals surface area contributed by atoms with Crippen molar-refractivity contribution >= 4 is 28.8 Å². The Bertz CT molecular complexity index is 1100. The van der Waals surface area contributed by atoms with Crippen LogP contribution in [0.1, 0.15) is 17.0 Å². The highest BCUT2D eigenvalue weighted by molar-refractivity contribution is 6.29. The zero-order chi connectivity index (χ0) is 20.4. The minimum absolute atomic E-state index is 0.0646. The van der Waals surface area contributed by atoms with Gasteiger partial charge in [0.05, 0.1) is 17.9 Å². The predicted octanol–water partition coefficient (Wildman–Crippen LogP) is 1.77. The predicted molar refractivity (Wildman–Crippen MR) is 99.7 cm³/mol. The number of carboxylic acid groups (broad SMARTS) is 1. The monoisotopic (exact) mass is 395 g/mol. The van der Waals surface area contributed by atoms with Crippen LogP contribution < -0.4 is 4.84 Å². The Labute approximate surface area is 165 Å². The first kappa shape index (κ1) is 18.5. The molecule has 0 fully saturated rings. The highest BCUT2D eigenvalue weighted by Crippen LogP contribution is 2.19. The molecule has 0 saturated heterocycles. The molecule has 0 atom stereocenters. The second-order valence-corrected chi connectivity index (χ2v) is 6.51. The maximum Gasteiger partial charge on any atom is 0.442 e. The number of rotatable bonds is 3. The summed E-state index contributed by atoms with van der Waals surface area (Å²) in [4.78, 5) is 45.6. The summed E-state index contributed by atoms with van der Waals surface area (Å²) in [7, 11) is 0. The van der Waals surface area contributed by atoms with Crippen LogP contribution in [-0.2, 0) is 33.9 Å². The SMILES string of the molecule is O=C(OCc1cccc2ccccc12)C(=O)On1cnc2c1CCN(C(=O)O)C2. The smallest absolute Gasteiger partial charge is 0.442 e. The fourth-order valence-corrected chi connectivity index (χ4v) is 3.27. The van der Waals surface area contributed by atoms with Crippen molar-refractivity contribution in [3.8, 4) is 0 Å². The topological polar surface area (TPSA) is 111 Å². The van der Waals surface area contributed by atoms with Crippen LogP contribution in [0.3, 0.4) is 0 Å². The van der Waals surface area contributed by atoms with E-state index >= 15 is 0 Å². The van der Waals surface area contributed by atoms with Gasteiger partial charge in [-0.1, -0.05) is 42.5 Å². The van der Waals surface area contributed by atoms with Crippen molar-refractivity contribution in [2.24, 2.45) is 0 Å². The zero-order valence-electron chi connectivity index (χ0n) is 15.3. The number of nitrogens with zero attached hydrogens (tertiary/aromatic N) is 3. The third kappa shape index (κ3) is 3.75. The molecular weight excluding hydrogens is 378 g/mol. The van der Waals surface area contributed by atoms with E-state index < -0.39 is 18.0 Å². The summed E-state index contributed by atoms with van der Waals surface area (Å²) in [5.41, 5.74) is 1.81. The number of carbonyl (C=O) groups is 3. The van der Waals surface area contributed by atoms with Crippen LogP contribution in [0.5, 0.6) is 0 Å². The van der Waals surface area contributed by atoms with Gasteiger partial charge in [0, 0.05) is 13.0 Å². The van der Waals surface area contributed by atoms with Gasteiger partial charge in [0.2, 0.25) is 0 Å². The standard InChI is InChI=1S/C20H17N3O6/c24-18(28-11-14-6-3-5-13-4-1-2-7-15(13)14)19(25)29-23-12-21-16-10-22(20(26)27)9-8-17(16)23/h1-7,12H,8-11H2,(H,26,27). The molecule has 29 heavy (non-hydrogen) atoms. The van der Waals surface area contributed by atoms with Gasteiger partial charge in [0.15, 0.2) is 0 Å². The number of fused-ring (bicyclic) bond motifs is 2. The van der Waals surface area contributed by atoms with Crippen molar-refractivity contribution in [3.63, 3.8) is 0 Å². The van der Waals surface area contributed by atoms with Gasteiger partial charge < -0.3 is 19.6 Å². The molecule has 1 amide bonds. The van der Waals surface area contributed by atoms with Crippen LogP contribution in [0.15, 0.2) is 48.8 Å². The highest BCUT2D eigenvalue weighted by Gasteiger charge is 2.27. The number of esters is 1. The molecule has 1 N–H and O–H groups in total. The first-order chi connectivity index (χ1) is 14.0. The largest absolute Gasteiger partial charge is 0.465 e. The maximum absolute atomic E-state index is 12.1. The van der Waals surface area contributed by atoms with E-state index in [0.29, 0.717) is 17.8 Å². The van der Waals surface area contributed by atoms with Crippen molar-refractivity contribution < 1.29 is 29.1 Å². The Morgan fingerprint density at radius 2 is 1.86 bits per heavy atom. The third-order valence-corrected chi connectivity index (χ3v) is 4.73. The molecule has 0 spiro atoms. The Hall–Kier alpha value is -3.88. The highest BCUT2D eigenvalue weighted by atomic mass is 16.7. The molecule has 1 aliphatic rings. The molecule has 2 aromatic carbocycles. The molecular formula is C20H17N3O6. The van der Waals surface area contributed by atoms with Crippen molar-refractivity contribution in [2.45, 2.75) is 19.6 Å². The lowest BCUT2D eigenvalue weighted by Gasteiger charge is -2.23. The van der Waals surface area contributed by atoms with E-state index in [-0.39, 0.29) is 19.7 Å². The minimum Gasteiger partial charge on any atom is -0.465 e. The number of amides is 1. The average molecular weight is 395 g/mol. The molecule has 0 bridgehead atoms. The molecule has 1 aromatic heterocycles. The lowest BCUT2D eigenvalue weighted by molar-refractivity contribution is -0.168. The molecule has 2 heterocycles. The van der Waals surface area contributed by atoms with Gasteiger partial charge in [-0.2, -0.15) is 4.73 Å². The normalized spacial score (nSPS) is 13.0. The van der Waals surface area contributed by atoms with Crippen molar-refractivity contribution in [1.82, 2.24) is 14.6 Å². The van der Waals surface area contributed by atoms with Gasteiger partial charge >= 0.3 is 18.0 Å². The first-order valence-electron chi connectivity index (χ1n) is 8.92. The van der Waals surface area contributed by atoms with Gasteiger partial charge in [-0.3, -0.25) is 0 Å². The van der Waals surface area contributed by atoms with Crippen molar-refractivity contribution in [3.05, 3.63) is 65.7 Å². The van der Waals surface area contributed by atoms with Crippen LogP contribution in [-0.4, -0.2) is 44.3 Å². The molecule has 0 unspecified atom stereocenters. The quantitative estimate of drug-likeness (QED) is 0.531. The van der Waals surface area contributed by atoms with Gasteiger partial charge in [-0.15, -0.1) is 0 Å². The van der Waals surface area contributed by atoms with Crippen LogP contribution in [0.25, 0.3) is 10.8 Å². The number of carbonyl (C=O) groups excluding carboxylic acids is 2. The van der Waals surface area contributed by atoms with Crippen LogP contribution in [0.4, 0.5) is 4.79 Å². The number of aromatic nitrogens is 2. The summed E-state index contributed by atoms with van der Waals surface area (Å²) >= 11 is 0. The van der Waals surface area contributed by atoms with Crippen molar-refractivity contribution in [1.29, 1.82) is 0 Å². The summed E-state index contributed by atoms with van der Waals surface area (Å²) in [6.45, 7) is 0.280. The summed E-state index contributed by atoms with van der Waals surface area (Å²) < 4.78 is 6.20. The molecule has 0 radical (unpaired) electrons. The van der Waals surface area contributed by atoms with Crippen LogP contribution in [0.2, 0.25) is 0 Å². The average Bonchev–Trinajstić information content (AvgIpc) is 3.13. The molecule has 0 aliphatic carbocycles. The van der Waals surface area contributed by atoms with E-state index in [1.54, 1.807) is 0 Å². The maximum atomic E-state index is 12.1. The second kappa shape index (κ2) is 7.63. The molecule has 9 nitrogen and oxygen atoms in total. The molecule has 3 aromatic rings.